The molecule has 0 saturated heterocycles. The highest BCUT2D eigenvalue weighted by molar-refractivity contribution is 4.72. The molecule has 78 valence electrons. The average Bonchev–Trinajstić information content (AvgIpc) is 2.93. The largest absolute Gasteiger partial charge is 0.317 e. The van der Waals surface area contributed by atoms with Crippen LogP contribution in [0.3, 0.4) is 0 Å². The van der Waals surface area contributed by atoms with E-state index >= 15 is 0 Å². The zero-order valence-corrected chi connectivity index (χ0v) is 8.94. The zero-order valence-electron chi connectivity index (χ0n) is 8.94. The van der Waals surface area contributed by atoms with Crippen LogP contribution in [0.1, 0.15) is 39.0 Å². The van der Waals surface area contributed by atoms with Gasteiger partial charge in [-0.15, -0.1) is 0 Å². The molecule has 0 aromatic carbocycles. The molecule has 2 heteroatoms. The standard InChI is InChI=1S/C11H24N2/c1-2-12-9-4-10-13-8-3-5-11-6-7-11/h11-13H,2-10H2,1H3. The molecule has 0 aromatic rings. The van der Waals surface area contributed by atoms with E-state index < -0.39 is 0 Å². The molecule has 1 saturated carbocycles. The molecular weight excluding hydrogens is 160 g/mol. The smallest absolute Gasteiger partial charge is 0.00368 e. The van der Waals surface area contributed by atoms with Crippen LogP contribution in [-0.4, -0.2) is 26.2 Å². The third-order valence-electron chi connectivity index (χ3n) is 2.62. The van der Waals surface area contributed by atoms with Crippen molar-refractivity contribution in [1.29, 1.82) is 0 Å². The van der Waals surface area contributed by atoms with Crippen LogP contribution in [0.4, 0.5) is 0 Å². The molecule has 1 aliphatic carbocycles. The first-order valence-electron chi connectivity index (χ1n) is 5.85. The van der Waals surface area contributed by atoms with Gasteiger partial charge >= 0.3 is 0 Å². The van der Waals surface area contributed by atoms with Crippen molar-refractivity contribution in [3.8, 4) is 0 Å². The first-order valence-corrected chi connectivity index (χ1v) is 5.85. The van der Waals surface area contributed by atoms with Gasteiger partial charge in [-0.3, -0.25) is 0 Å². The van der Waals surface area contributed by atoms with Crippen LogP contribution in [-0.2, 0) is 0 Å². The second kappa shape index (κ2) is 7.34. The molecule has 1 rings (SSSR count). The Labute approximate surface area is 82.5 Å². The maximum atomic E-state index is 3.49. The summed E-state index contributed by atoms with van der Waals surface area (Å²) in [5.41, 5.74) is 0. The molecule has 2 N–H and O–H groups in total. The number of hydrogen-bond donors (Lipinski definition) is 2. The van der Waals surface area contributed by atoms with Gasteiger partial charge in [-0.05, 0) is 51.4 Å². The molecule has 0 heterocycles. The lowest BCUT2D eigenvalue weighted by molar-refractivity contribution is 0.567. The van der Waals surface area contributed by atoms with Crippen molar-refractivity contribution in [2.24, 2.45) is 5.92 Å². The van der Waals surface area contributed by atoms with E-state index in [2.05, 4.69) is 17.6 Å². The summed E-state index contributed by atoms with van der Waals surface area (Å²) in [5, 5.41) is 6.81. The van der Waals surface area contributed by atoms with Gasteiger partial charge in [-0.2, -0.15) is 0 Å². The van der Waals surface area contributed by atoms with E-state index in [-0.39, 0.29) is 0 Å². The highest BCUT2D eigenvalue weighted by Gasteiger charge is 2.19. The second-order valence-corrected chi connectivity index (χ2v) is 4.04. The van der Waals surface area contributed by atoms with Gasteiger partial charge in [0.25, 0.3) is 0 Å². The van der Waals surface area contributed by atoms with Crippen molar-refractivity contribution in [3.05, 3.63) is 0 Å². The summed E-state index contributed by atoms with van der Waals surface area (Å²) in [4.78, 5) is 0. The number of rotatable bonds is 9. The minimum absolute atomic E-state index is 1.10. The first kappa shape index (κ1) is 11.0. The number of hydrogen-bond acceptors (Lipinski definition) is 2. The molecule has 1 aliphatic rings. The van der Waals surface area contributed by atoms with E-state index in [9.17, 15) is 0 Å². The fourth-order valence-corrected chi connectivity index (χ4v) is 1.56. The summed E-state index contributed by atoms with van der Waals surface area (Å²) in [5.74, 6) is 1.10. The number of nitrogens with one attached hydrogen (secondary N) is 2. The maximum absolute atomic E-state index is 3.49. The van der Waals surface area contributed by atoms with E-state index in [4.69, 9.17) is 0 Å². The summed E-state index contributed by atoms with van der Waals surface area (Å²) in [6.07, 6.45) is 7.10. The van der Waals surface area contributed by atoms with Crippen molar-refractivity contribution < 1.29 is 0 Å². The molecule has 0 aromatic heterocycles. The van der Waals surface area contributed by atoms with Gasteiger partial charge in [0.2, 0.25) is 0 Å². The predicted molar refractivity (Wildman–Crippen MR) is 58.0 cm³/mol. The fourth-order valence-electron chi connectivity index (χ4n) is 1.56. The van der Waals surface area contributed by atoms with Crippen LogP contribution in [0.15, 0.2) is 0 Å². The Hall–Kier alpha value is -0.0800. The monoisotopic (exact) mass is 184 g/mol. The lowest BCUT2D eigenvalue weighted by atomic mass is 10.2. The first-order chi connectivity index (χ1) is 6.43. The highest BCUT2D eigenvalue weighted by Crippen LogP contribution is 2.33. The van der Waals surface area contributed by atoms with Crippen molar-refractivity contribution >= 4 is 0 Å². The predicted octanol–water partition coefficient (Wildman–Crippen LogP) is 1.77. The lowest BCUT2D eigenvalue weighted by Crippen LogP contribution is -2.22. The van der Waals surface area contributed by atoms with Gasteiger partial charge in [0.1, 0.15) is 0 Å². The van der Waals surface area contributed by atoms with Crippen LogP contribution >= 0.6 is 0 Å². The Morgan fingerprint density at radius 2 is 1.69 bits per heavy atom. The normalized spacial score (nSPS) is 16.4. The topological polar surface area (TPSA) is 24.1 Å². The van der Waals surface area contributed by atoms with Gasteiger partial charge in [0.15, 0.2) is 0 Å². The minimum atomic E-state index is 1.10. The van der Waals surface area contributed by atoms with E-state index in [1.807, 2.05) is 0 Å². The Balaban J connectivity index is 1.63. The molecule has 0 radical (unpaired) electrons. The summed E-state index contributed by atoms with van der Waals surface area (Å²) < 4.78 is 0. The van der Waals surface area contributed by atoms with Crippen LogP contribution < -0.4 is 10.6 Å². The van der Waals surface area contributed by atoms with Gasteiger partial charge in [-0.25, -0.2) is 0 Å². The Bertz CT molecular complexity index is 111. The third kappa shape index (κ3) is 7.03. The van der Waals surface area contributed by atoms with Gasteiger partial charge < -0.3 is 10.6 Å². The van der Waals surface area contributed by atoms with Crippen LogP contribution in [0, 0.1) is 5.92 Å². The van der Waals surface area contributed by atoms with Crippen molar-refractivity contribution in [2.45, 2.75) is 39.0 Å². The van der Waals surface area contributed by atoms with Gasteiger partial charge in [0.05, 0.1) is 0 Å². The molecule has 0 unspecified atom stereocenters. The summed E-state index contributed by atoms with van der Waals surface area (Å²) >= 11 is 0. The Kier molecular flexibility index (Phi) is 6.21. The van der Waals surface area contributed by atoms with Gasteiger partial charge in [0, 0.05) is 0 Å². The van der Waals surface area contributed by atoms with Crippen molar-refractivity contribution in [2.75, 3.05) is 26.2 Å². The Morgan fingerprint density at radius 3 is 2.38 bits per heavy atom. The zero-order chi connectivity index (χ0) is 9.36. The molecule has 0 atom stereocenters. The summed E-state index contributed by atoms with van der Waals surface area (Å²) in [6.45, 7) is 6.82. The van der Waals surface area contributed by atoms with E-state index in [0.717, 1.165) is 19.0 Å². The third-order valence-corrected chi connectivity index (χ3v) is 2.62. The van der Waals surface area contributed by atoms with Crippen LogP contribution in [0.25, 0.3) is 0 Å². The lowest BCUT2D eigenvalue weighted by Gasteiger charge is -2.04. The van der Waals surface area contributed by atoms with E-state index in [1.165, 1.54) is 45.2 Å². The summed E-state index contributed by atoms with van der Waals surface area (Å²) in [7, 11) is 0. The Morgan fingerprint density at radius 1 is 1.00 bits per heavy atom. The maximum Gasteiger partial charge on any atom is -0.00368 e. The quantitative estimate of drug-likeness (QED) is 0.534. The minimum Gasteiger partial charge on any atom is -0.317 e. The molecule has 0 aliphatic heterocycles. The van der Waals surface area contributed by atoms with Crippen LogP contribution in [0.5, 0.6) is 0 Å². The van der Waals surface area contributed by atoms with Crippen molar-refractivity contribution in [3.63, 3.8) is 0 Å². The summed E-state index contributed by atoms with van der Waals surface area (Å²) in [6, 6.07) is 0. The highest BCUT2D eigenvalue weighted by atomic mass is 14.9. The SMILES string of the molecule is CCNCCCNCCCC1CC1. The molecule has 13 heavy (non-hydrogen) atoms. The second-order valence-electron chi connectivity index (χ2n) is 4.04. The molecule has 2 nitrogen and oxygen atoms in total. The molecule has 1 fully saturated rings. The molecule has 0 bridgehead atoms. The van der Waals surface area contributed by atoms with Crippen LogP contribution in [0.2, 0.25) is 0 Å². The average molecular weight is 184 g/mol. The fraction of sp³-hybridized carbons (Fsp3) is 1.00. The molecular formula is C11H24N2. The van der Waals surface area contributed by atoms with Crippen molar-refractivity contribution in [1.82, 2.24) is 10.6 Å². The van der Waals surface area contributed by atoms with Gasteiger partial charge in [-0.1, -0.05) is 19.8 Å². The van der Waals surface area contributed by atoms with E-state index in [1.54, 1.807) is 0 Å². The molecule has 0 spiro atoms. The van der Waals surface area contributed by atoms with E-state index in [0.29, 0.717) is 0 Å². The molecule has 0 amide bonds.